The van der Waals surface area contributed by atoms with Crippen LogP contribution in [0.15, 0.2) is 37.7 Å². The molecule has 21 heavy (non-hydrogen) atoms. The van der Waals surface area contributed by atoms with E-state index in [0.717, 1.165) is 20.1 Å². The Balaban J connectivity index is 2.63. The van der Waals surface area contributed by atoms with E-state index in [0.29, 0.717) is 4.47 Å². The molecule has 0 amide bonds. The molecule has 0 radical (unpaired) electrons. The van der Waals surface area contributed by atoms with Crippen LogP contribution in [0.1, 0.15) is 22.7 Å². The summed E-state index contributed by atoms with van der Waals surface area (Å²) in [5.74, 6) is -1.19. The Morgan fingerprint density at radius 3 is 2.05 bits per heavy atom. The molecule has 1 N–H and O–H groups in total. The van der Waals surface area contributed by atoms with Crippen LogP contribution in [0, 0.1) is 18.6 Å². The van der Waals surface area contributed by atoms with E-state index >= 15 is 0 Å². The fourth-order valence-electron chi connectivity index (χ4n) is 2.17. The van der Waals surface area contributed by atoms with Gasteiger partial charge in [0.05, 0.1) is 6.04 Å². The van der Waals surface area contributed by atoms with Gasteiger partial charge in [0.1, 0.15) is 11.6 Å². The second-order valence-electron chi connectivity index (χ2n) is 4.63. The van der Waals surface area contributed by atoms with Crippen molar-refractivity contribution in [1.29, 1.82) is 0 Å². The quantitative estimate of drug-likeness (QED) is 0.575. The van der Waals surface area contributed by atoms with E-state index in [1.54, 1.807) is 7.05 Å². The van der Waals surface area contributed by atoms with Crippen molar-refractivity contribution < 1.29 is 8.78 Å². The summed E-state index contributed by atoms with van der Waals surface area (Å²) in [4.78, 5) is 0. The van der Waals surface area contributed by atoms with Crippen LogP contribution in [-0.4, -0.2) is 7.05 Å². The predicted molar refractivity (Wildman–Crippen MR) is 91.5 cm³/mol. The Morgan fingerprint density at radius 1 is 0.952 bits per heavy atom. The Kier molecular flexibility index (Phi) is 5.57. The average molecular weight is 484 g/mol. The summed E-state index contributed by atoms with van der Waals surface area (Å²) in [6.07, 6.45) is 0. The number of benzene rings is 2. The first kappa shape index (κ1) is 17.1. The highest BCUT2D eigenvalue weighted by atomic mass is 79.9. The maximum Gasteiger partial charge on any atom is 0.132 e. The summed E-state index contributed by atoms with van der Waals surface area (Å²) < 4.78 is 30.5. The van der Waals surface area contributed by atoms with Crippen molar-refractivity contribution in [2.75, 3.05) is 7.05 Å². The maximum atomic E-state index is 14.2. The lowest BCUT2D eigenvalue weighted by Crippen LogP contribution is -2.21. The number of aryl methyl sites for hydroxylation is 1. The molecule has 0 saturated carbocycles. The lowest BCUT2D eigenvalue weighted by atomic mass is 9.97. The van der Waals surface area contributed by atoms with E-state index < -0.39 is 17.7 Å². The SMILES string of the molecule is CNC(c1cc(Br)c(C)cc1Br)c1c(F)cc(Br)cc1F. The van der Waals surface area contributed by atoms with Crippen LogP contribution in [-0.2, 0) is 0 Å². The van der Waals surface area contributed by atoms with E-state index in [1.165, 1.54) is 12.1 Å². The smallest absolute Gasteiger partial charge is 0.132 e. The molecule has 112 valence electrons. The monoisotopic (exact) mass is 481 g/mol. The number of halogens is 5. The van der Waals surface area contributed by atoms with Gasteiger partial charge in [-0.2, -0.15) is 0 Å². The van der Waals surface area contributed by atoms with E-state index in [4.69, 9.17) is 0 Å². The van der Waals surface area contributed by atoms with Crippen LogP contribution in [0.25, 0.3) is 0 Å². The molecule has 0 aliphatic heterocycles. The lowest BCUT2D eigenvalue weighted by molar-refractivity contribution is 0.520. The van der Waals surface area contributed by atoms with Gasteiger partial charge in [-0.1, -0.05) is 47.8 Å². The fourth-order valence-corrected chi connectivity index (χ4v) is 3.62. The zero-order valence-corrected chi connectivity index (χ0v) is 16.0. The van der Waals surface area contributed by atoms with Gasteiger partial charge in [-0.05, 0) is 49.4 Å². The number of nitrogens with one attached hydrogen (secondary N) is 1. The third kappa shape index (κ3) is 3.55. The molecule has 0 spiro atoms. The first-order chi connectivity index (χ1) is 9.85. The van der Waals surface area contributed by atoms with Crippen LogP contribution >= 0.6 is 47.8 Å². The Bertz CT molecular complexity index is 666. The molecule has 2 rings (SSSR count). The molecule has 2 aromatic rings. The van der Waals surface area contributed by atoms with Gasteiger partial charge in [0.25, 0.3) is 0 Å². The third-order valence-corrected chi connectivity index (χ3v) is 5.21. The minimum Gasteiger partial charge on any atom is -0.309 e. The standard InChI is InChI=1S/C15H12Br3F2N/c1-7-3-11(18)9(6-10(7)17)15(21-2)14-12(19)4-8(16)5-13(14)20/h3-6,15,21H,1-2H3. The summed E-state index contributed by atoms with van der Waals surface area (Å²) in [5, 5.41) is 2.98. The van der Waals surface area contributed by atoms with Gasteiger partial charge in [0, 0.05) is 19.0 Å². The van der Waals surface area contributed by atoms with Gasteiger partial charge < -0.3 is 5.32 Å². The summed E-state index contributed by atoms with van der Waals surface area (Å²) in [6.45, 7) is 1.95. The van der Waals surface area contributed by atoms with Crippen molar-refractivity contribution in [2.24, 2.45) is 0 Å². The van der Waals surface area contributed by atoms with Crippen molar-refractivity contribution in [3.63, 3.8) is 0 Å². The minimum atomic E-state index is -0.593. The van der Waals surface area contributed by atoms with Gasteiger partial charge in [0.2, 0.25) is 0 Å². The average Bonchev–Trinajstić information content (AvgIpc) is 2.38. The summed E-state index contributed by atoms with van der Waals surface area (Å²) >= 11 is 10.0. The van der Waals surface area contributed by atoms with Crippen LogP contribution < -0.4 is 5.32 Å². The maximum absolute atomic E-state index is 14.2. The van der Waals surface area contributed by atoms with Gasteiger partial charge in [0.15, 0.2) is 0 Å². The highest BCUT2D eigenvalue weighted by Crippen LogP contribution is 2.35. The third-order valence-electron chi connectivity index (χ3n) is 3.21. The van der Waals surface area contributed by atoms with Gasteiger partial charge in [-0.3, -0.25) is 0 Å². The molecular formula is C15H12Br3F2N. The normalized spacial score (nSPS) is 12.5. The Morgan fingerprint density at radius 2 is 1.52 bits per heavy atom. The molecule has 0 aliphatic carbocycles. The van der Waals surface area contributed by atoms with Crippen molar-refractivity contribution in [3.05, 3.63) is 66.0 Å². The molecule has 1 nitrogen and oxygen atoms in total. The molecule has 0 saturated heterocycles. The summed E-state index contributed by atoms with van der Waals surface area (Å²) in [7, 11) is 1.67. The topological polar surface area (TPSA) is 12.0 Å². The predicted octanol–water partition coefficient (Wildman–Crippen LogP) is 5.87. The van der Waals surface area contributed by atoms with Crippen LogP contribution in [0.4, 0.5) is 8.78 Å². The largest absolute Gasteiger partial charge is 0.309 e. The highest BCUT2D eigenvalue weighted by molar-refractivity contribution is 9.11. The molecule has 0 heterocycles. The fraction of sp³-hybridized carbons (Fsp3) is 0.200. The molecule has 1 atom stereocenters. The second kappa shape index (κ2) is 6.86. The molecule has 6 heteroatoms. The van der Waals surface area contributed by atoms with Crippen molar-refractivity contribution in [1.82, 2.24) is 5.32 Å². The molecule has 0 aromatic heterocycles. The van der Waals surface area contributed by atoms with Crippen molar-refractivity contribution in [3.8, 4) is 0 Å². The van der Waals surface area contributed by atoms with E-state index in [2.05, 4.69) is 53.1 Å². The number of rotatable bonds is 3. The zero-order chi connectivity index (χ0) is 15.7. The van der Waals surface area contributed by atoms with Gasteiger partial charge in [-0.25, -0.2) is 8.78 Å². The molecular weight excluding hydrogens is 472 g/mol. The first-order valence-corrected chi connectivity index (χ1v) is 8.50. The lowest BCUT2D eigenvalue weighted by Gasteiger charge is -2.21. The van der Waals surface area contributed by atoms with Gasteiger partial charge in [-0.15, -0.1) is 0 Å². The highest BCUT2D eigenvalue weighted by Gasteiger charge is 2.23. The minimum absolute atomic E-state index is 0.00264. The Labute approximate surface area is 147 Å². The molecule has 0 fully saturated rings. The first-order valence-electron chi connectivity index (χ1n) is 6.12. The van der Waals surface area contributed by atoms with Gasteiger partial charge >= 0.3 is 0 Å². The van der Waals surface area contributed by atoms with Crippen LogP contribution in [0.3, 0.4) is 0 Å². The molecule has 2 aromatic carbocycles. The molecule has 0 aliphatic rings. The Hall–Kier alpha value is -0.300. The van der Waals surface area contributed by atoms with Crippen LogP contribution in [0.5, 0.6) is 0 Å². The van der Waals surface area contributed by atoms with Crippen LogP contribution in [0.2, 0.25) is 0 Å². The van der Waals surface area contributed by atoms with Crippen molar-refractivity contribution >= 4 is 47.8 Å². The summed E-state index contributed by atoms with van der Waals surface area (Å²) in [5.41, 5.74) is 1.80. The van der Waals surface area contributed by atoms with E-state index in [-0.39, 0.29) is 5.56 Å². The second-order valence-corrected chi connectivity index (χ2v) is 7.25. The number of hydrogen-bond donors (Lipinski definition) is 1. The van der Waals surface area contributed by atoms with E-state index in [9.17, 15) is 8.78 Å². The van der Waals surface area contributed by atoms with Crippen molar-refractivity contribution in [2.45, 2.75) is 13.0 Å². The summed E-state index contributed by atoms with van der Waals surface area (Å²) in [6, 6.07) is 5.71. The molecule has 0 bridgehead atoms. The molecule has 1 unspecified atom stereocenters. The number of hydrogen-bond acceptors (Lipinski definition) is 1. The zero-order valence-electron chi connectivity index (χ0n) is 11.3. The van der Waals surface area contributed by atoms with E-state index in [1.807, 2.05) is 19.1 Å².